The van der Waals surface area contributed by atoms with Gasteiger partial charge in [-0.1, -0.05) is 13.8 Å². The van der Waals surface area contributed by atoms with E-state index < -0.39 is 5.60 Å². The SMILES string of the molecule is CC.CC1CN(C)CC(C)N1CC(C)(C)O. The van der Waals surface area contributed by atoms with E-state index in [1.54, 1.807) is 0 Å². The maximum atomic E-state index is 9.82. The van der Waals surface area contributed by atoms with Crippen LogP contribution < -0.4 is 0 Å². The summed E-state index contributed by atoms with van der Waals surface area (Å²) in [7, 11) is 2.16. The van der Waals surface area contributed by atoms with E-state index in [-0.39, 0.29) is 0 Å². The van der Waals surface area contributed by atoms with E-state index >= 15 is 0 Å². The second kappa shape index (κ2) is 6.58. The van der Waals surface area contributed by atoms with Gasteiger partial charge in [0.25, 0.3) is 0 Å². The first-order valence-corrected chi connectivity index (χ1v) is 6.46. The number of hydrogen-bond donors (Lipinski definition) is 1. The molecule has 0 saturated carbocycles. The molecule has 0 aromatic rings. The van der Waals surface area contributed by atoms with Gasteiger partial charge in [-0.15, -0.1) is 0 Å². The fourth-order valence-corrected chi connectivity index (χ4v) is 2.38. The van der Waals surface area contributed by atoms with Crippen LogP contribution in [0.3, 0.4) is 0 Å². The zero-order chi connectivity index (χ0) is 12.9. The summed E-state index contributed by atoms with van der Waals surface area (Å²) in [5.74, 6) is 0. The Labute approximate surface area is 101 Å². The molecule has 0 spiro atoms. The van der Waals surface area contributed by atoms with Gasteiger partial charge in [-0.25, -0.2) is 0 Å². The van der Waals surface area contributed by atoms with Crippen LogP contribution in [0.4, 0.5) is 0 Å². The first kappa shape index (κ1) is 15.9. The molecular weight excluding hydrogens is 200 g/mol. The Balaban J connectivity index is 0.00000106. The van der Waals surface area contributed by atoms with Gasteiger partial charge in [0, 0.05) is 31.7 Å². The second-order valence-corrected chi connectivity index (χ2v) is 5.40. The average Bonchev–Trinajstić information content (AvgIpc) is 2.13. The van der Waals surface area contributed by atoms with Crippen molar-refractivity contribution >= 4 is 0 Å². The Morgan fingerprint density at radius 3 is 1.81 bits per heavy atom. The third-order valence-corrected chi connectivity index (χ3v) is 2.85. The van der Waals surface area contributed by atoms with Gasteiger partial charge in [-0.2, -0.15) is 0 Å². The van der Waals surface area contributed by atoms with Gasteiger partial charge in [-0.3, -0.25) is 4.90 Å². The summed E-state index contributed by atoms with van der Waals surface area (Å²) in [6.45, 7) is 15.2. The molecule has 1 N–H and O–H groups in total. The Hall–Kier alpha value is -0.120. The van der Waals surface area contributed by atoms with Crippen LogP contribution in [0.25, 0.3) is 0 Å². The number of aliphatic hydroxyl groups is 1. The summed E-state index contributed by atoms with van der Waals surface area (Å²) in [5.41, 5.74) is -0.585. The molecule has 1 aliphatic heterocycles. The molecule has 1 heterocycles. The van der Waals surface area contributed by atoms with Gasteiger partial charge in [0.15, 0.2) is 0 Å². The number of rotatable bonds is 2. The summed E-state index contributed by atoms with van der Waals surface area (Å²) in [5, 5.41) is 9.82. The van der Waals surface area contributed by atoms with Crippen molar-refractivity contribution in [1.82, 2.24) is 9.80 Å². The van der Waals surface area contributed by atoms with Crippen LogP contribution in [0.15, 0.2) is 0 Å². The lowest BCUT2D eigenvalue weighted by Gasteiger charge is -2.45. The Kier molecular flexibility index (Phi) is 6.53. The molecule has 1 fully saturated rings. The topological polar surface area (TPSA) is 26.7 Å². The van der Waals surface area contributed by atoms with Crippen molar-refractivity contribution in [3.05, 3.63) is 0 Å². The normalized spacial score (nSPS) is 28.5. The van der Waals surface area contributed by atoms with E-state index in [9.17, 15) is 5.11 Å². The standard InChI is InChI=1S/C11H24N2O.C2H6/c1-9-6-12(5)7-10(2)13(9)8-11(3,4)14;1-2/h9-10,14H,6-8H2,1-5H3;1-2H3. The predicted octanol–water partition coefficient (Wildman–Crippen LogP) is 1.81. The molecule has 16 heavy (non-hydrogen) atoms. The smallest absolute Gasteiger partial charge is 0.0718 e. The minimum Gasteiger partial charge on any atom is -0.389 e. The molecule has 3 nitrogen and oxygen atoms in total. The highest BCUT2D eigenvalue weighted by Crippen LogP contribution is 2.17. The molecule has 3 heteroatoms. The van der Waals surface area contributed by atoms with Crippen molar-refractivity contribution in [3.8, 4) is 0 Å². The van der Waals surface area contributed by atoms with Crippen LogP contribution in [-0.2, 0) is 0 Å². The highest BCUT2D eigenvalue weighted by atomic mass is 16.3. The fraction of sp³-hybridized carbons (Fsp3) is 1.00. The average molecular weight is 230 g/mol. The monoisotopic (exact) mass is 230 g/mol. The summed E-state index contributed by atoms with van der Waals surface area (Å²) < 4.78 is 0. The van der Waals surface area contributed by atoms with E-state index in [0.29, 0.717) is 12.1 Å². The van der Waals surface area contributed by atoms with E-state index in [0.717, 1.165) is 19.6 Å². The summed E-state index contributed by atoms with van der Waals surface area (Å²) in [6, 6.07) is 1.07. The molecule has 2 atom stereocenters. The van der Waals surface area contributed by atoms with Gasteiger partial charge in [0.05, 0.1) is 5.60 Å². The van der Waals surface area contributed by atoms with Gasteiger partial charge in [0.2, 0.25) is 0 Å². The first-order chi connectivity index (χ1) is 7.29. The molecule has 0 aliphatic carbocycles. The van der Waals surface area contributed by atoms with Crippen LogP contribution in [0.1, 0.15) is 41.5 Å². The molecule has 0 bridgehead atoms. The van der Waals surface area contributed by atoms with Crippen LogP contribution in [-0.4, -0.2) is 59.3 Å². The van der Waals surface area contributed by atoms with E-state index in [1.165, 1.54) is 0 Å². The molecule has 1 rings (SSSR count). The largest absolute Gasteiger partial charge is 0.389 e. The number of likely N-dealkylation sites (N-methyl/N-ethyl adjacent to an activating group) is 1. The molecule has 98 valence electrons. The van der Waals surface area contributed by atoms with Crippen molar-refractivity contribution in [2.45, 2.75) is 59.2 Å². The molecule has 0 radical (unpaired) electrons. The maximum Gasteiger partial charge on any atom is 0.0718 e. The van der Waals surface area contributed by atoms with Crippen LogP contribution >= 0.6 is 0 Å². The third kappa shape index (κ3) is 5.28. The minimum absolute atomic E-state index is 0.537. The summed E-state index contributed by atoms with van der Waals surface area (Å²) >= 11 is 0. The highest BCUT2D eigenvalue weighted by molar-refractivity contribution is 4.86. The van der Waals surface area contributed by atoms with Gasteiger partial charge < -0.3 is 10.0 Å². The van der Waals surface area contributed by atoms with Crippen molar-refractivity contribution in [2.75, 3.05) is 26.7 Å². The highest BCUT2D eigenvalue weighted by Gasteiger charge is 2.30. The molecular formula is C13H30N2O. The summed E-state index contributed by atoms with van der Waals surface area (Å²) in [4.78, 5) is 4.76. The molecule has 0 aromatic carbocycles. The zero-order valence-electron chi connectivity index (χ0n) is 12.1. The van der Waals surface area contributed by atoms with Crippen molar-refractivity contribution in [1.29, 1.82) is 0 Å². The van der Waals surface area contributed by atoms with Crippen molar-refractivity contribution in [3.63, 3.8) is 0 Å². The zero-order valence-corrected chi connectivity index (χ0v) is 12.1. The van der Waals surface area contributed by atoms with E-state index in [2.05, 4.69) is 30.7 Å². The van der Waals surface area contributed by atoms with E-state index in [4.69, 9.17) is 0 Å². The molecule has 1 aliphatic rings. The number of piperazine rings is 1. The molecule has 2 unspecified atom stereocenters. The lowest BCUT2D eigenvalue weighted by Crippen LogP contribution is -2.58. The van der Waals surface area contributed by atoms with Crippen molar-refractivity contribution in [2.24, 2.45) is 0 Å². The second-order valence-electron chi connectivity index (χ2n) is 5.40. The Morgan fingerprint density at radius 1 is 1.12 bits per heavy atom. The van der Waals surface area contributed by atoms with Gasteiger partial charge >= 0.3 is 0 Å². The van der Waals surface area contributed by atoms with E-state index in [1.807, 2.05) is 27.7 Å². The summed E-state index contributed by atoms with van der Waals surface area (Å²) in [6.07, 6.45) is 0. The number of hydrogen-bond acceptors (Lipinski definition) is 3. The number of nitrogens with zero attached hydrogens (tertiary/aromatic N) is 2. The maximum absolute atomic E-state index is 9.82. The van der Waals surface area contributed by atoms with Crippen LogP contribution in [0.5, 0.6) is 0 Å². The lowest BCUT2D eigenvalue weighted by atomic mass is 10.0. The fourth-order valence-electron chi connectivity index (χ4n) is 2.38. The Morgan fingerprint density at radius 2 is 1.50 bits per heavy atom. The number of β-amino-alcohol motifs (C(OH)–C–C–N with tert-alkyl or cyclic N) is 1. The molecule has 0 amide bonds. The van der Waals surface area contributed by atoms with Crippen LogP contribution in [0.2, 0.25) is 0 Å². The first-order valence-electron chi connectivity index (χ1n) is 6.46. The molecule has 1 saturated heterocycles. The quantitative estimate of drug-likeness (QED) is 0.784. The van der Waals surface area contributed by atoms with Crippen molar-refractivity contribution < 1.29 is 5.11 Å². The Bertz CT molecular complexity index is 177. The van der Waals surface area contributed by atoms with Crippen LogP contribution in [0, 0.1) is 0 Å². The van der Waals surface area contributed by atoms with Gasteiger partial charge in [0.1, 0.15) is 0 Å². The predicted molar refractivity (Wildman–Crippen MR) is 70.8 cm³/mol. The van der Waals surface area contributed by atoms with Gasteiger partial charge in [-0.05, 0) is 34.7 Å². The lowest BCUT2D eigenvalue weighted by molar-refractivity contribution is -0.0232. The third-order valence-electron chi connectivity index (χ3n) is 2.85. The minimum atomic E-state index is -0.585. The molecule has 0 aromatic heterocycles.